The fourth-order valence-electron chi connectivity index (χ4n) is 3.81. The van der Waals surface area contributed by atoms with Crippen LogP contribution in [0.3, 0.4) is 0 Å². The summed E-state index contributed by atoms with van der Waals surface area (Å²) in [7, 11) is 3.32. The number of aromatic nitrogens is 1. The van der Waals surface area contributed by atoms with Gasteiger partial charge in [-0.3, -0.25) is 0 Å². The highest BCUT2D eigenvalue weighted by Gasteiger charge is 2.20. The molecule has 0 bridgehead atoms. The van der Waals surface area contributed by atoms with Crippen LogP contribution in [0.1, 0.15) is 16.7 Å². The molecular weight excluding hydrogens is 338 g/mol. The van der Waals surface area contributed by atoms with Crippen LogP contribution < -0.4 is 9.47 Å². The van der Waals surface area contributed by atoms with Crippen LogP contribution in [0, 0.1) is 13.8 Å². The SMILES string of the molecule is COc1cc(OC)c2c3cc(O)c(C)c(C)c3n(Cc3ccccc3)c2c1. The second-order valence-electron chi connectivity index (χ2n) is 6.84. The predicted octanol–water partition coefficient (Wildman–Crippen LogP) is 5.18. The third kappa shape index (κ3) is 2.69. The highest BCUT2D eigenvalue weighted by atomic mass is 16.5. The molecule has 0 atom stereocenters. The zero-order chi connectivity index (χ0) is 19.1. The molecule has 1 heterocycles. The number of methoxy groups -OCH3 is 2. The van der Waals surface area contributed by atoms with E-state index in [4.69, 9.17) is 9.47 Å². The van der Waals surface area contributed by atoms with E-state index in [2.05, 4.69) is 23.6 Å². The first-order valence-electron chi connectivity index (χ1n) is 8.96. The lowest BCUT2D eigenvalue weighted by atomic mass is 10.0. The van der Waals surface area contributed by atoms with Gasteiger partial charge < -0.3 is 19.1 Å². The Morgan fingerprint density at radius 3 is 2.33 bits per heavy atom. The molecule has 0 radical (unpaired) electrons. The number of fused-ring (bicyclic) bond motifs is 3. The van der Waals surface area contributed by atoms with Crippen molar-refractivity contribution in [1.29, 1.82) is 0 Å². The lowest BCUT2D eigenvalue weighted by Gasteiger charge is -2.12. The van der Waals surface area contributed by atoms with Crippen molar-refractivity contribution in [2.24, 2.45) is 0 Å². The molecule has 3 aromatic carbocycles. The molecule has 1 aromatic heterocycles. The van der Waals surface area contributed by atoms with Crippen LogP contribution in [-0.2, 0) is 6.54 Å². The van der Waals surface area contributed by atoms with Crippen LogP contribution in [0.15, 0.2) is 48.5 Å². The Bertz CT molecular complexity index is 1140. The van der Waals surface area contributed by atoms with Gasteiger partial charge in [-0.2, -0.15) is 0 Å². The maximum Gasteiger partial charge on any atom is 0.132 e. The summed E-state index contributed by atoms with van der Waals surface area (Å²) in [6.07, 6.45) is 0. The molecule has 1 N–H and O–H groups in total. The quantitative estimate of drug-likeness (QED) is 0.544. The van der Waals surface area contributed by atoms with Crippen molar-refractivity contribution in [2.45, 2.75) is 20.4 Å². The van der Waals surface area contributed by atoms with Gasteiger partial charge in [0.1, 0.15) is 17.2 Å². The van der Waals surface area contributed by atoms with Crippen LogP contribution in [0.2, 0.25) is 0 Å². The van der Waals surface area contributed by atoms with Gasteiger partial charge in [0, 0.05) is 29.4 Å². The van der Waals surface area contributed by atoms with E-state index in [1.165, 1.54) is 5.56 Å². The van der Waals surface area contributed by atoms with E-state index in [9.17, 15) is 5.11 Å². The molecular formula is C23H23NO3. The number of hydrogen-bond donors (Lipinski definition) is 1. The maximum absolute atomic E-state index is 10.4. The minimum Gasteiger partial charge on any atom is -0.508 e. The topological polar surface area (TPSA) is 43.6 Å². The number of rotatable bonds is 4. The lowest BCUT2D eigenvalue weighted by molar-refractivity contribution is 0.398. The predicted molar refractivity (Wildman–Crippen MR) is 109 cm³/mol. The molecule has 0 amide bonds. The first-order chi connectivity index (χ1) is 13.0. The number of benzene rings is 3. The van der Waals surface area contributed by atoms with Gasteiger partial charge in [0.15, 0.2) is 0 Å². The molecule has 4 heteroatoms. The minimum absolute atomic E-state index is 0.302. The highest BCUT2D eigenvalue weighted by Crippen LogP contribution is 2.42. The van der Waals surface area contributed by atoms with E-state index in [-0.39, 0.29) is 0 Å². The summed E-state index contributed by atoms with van der Waals surface area (Å²) in [6, 6.07) is 16.1. The monoisotopic (exact) mass is 361 g/mol. The van der Waals surface area contributed by atoms with Gasteiger partial charge in [0.25, 0.3) is 0 Å². The van der Waals surface area contributed by atoms with Crippen molar-refractivity contribution in [2.75, 3.05) is 14.2 Å². The molecule has 0 aliphatic carbocycles. The molecule has 4 nitrogen and oxygen atoms in total. The Labute approximate surface area is 158 Å². The average molecular weight is 361 g/mol. The van der Waals surface area contributed by atoms with Crippen LogP contribution >= 0.6 is 0 Å². The standard InChI is InChI=1S/C23H23NO3/c1-14-15(2)23-18(12-20(14)25)22-19(10-17(26-3)11-21(22)27-4)24(23)13-16-8-6-5-7-9-16/h5-12,25H,13H2,1-4H3. The Morgan fingerprint density at radius 2 is 1.67 bits per heavy atom. The number of ether oxygens (including phenoxy) is 2. The highest BCUT2D eigenvalue weighted by molar-refractivity contribution is 6.13. The number of aryl methyl sites for hydroxylation is 1. The average Bonchev–Trinajstić information content (AvgIpc) is 2.99. The Hall–Kier alpha value is -3.14. The zero-order valence-corrected chi connectivity index (χ0v) is 16.0. The molecule has 0 spiro atoms. The molecule has 4 aromatic rings. The van der Waals surface area contributed by atoms with E-state index < -0.39 is 0 Å². The summed E-state index contributed by atoms with van der Waals surface area (Å²) >= 11 is 0. The van der Waals surface area contributed by atoms with Gasteiger partial charge in [-0.05, 0) is 36.6 Å². The van der Waals surface area contributed by atoms with Gasteiger partial charge in [-0.25, -0.2) is 0 Å². The zero-order valence-electron chi connectivity index (χ0n) is 16.0. The van der Waals surface area contributed by atoms with Crippen molar-refractivity contribution in [3.05, 3.63) is 65.2 Å². The first-order valence-corrected chi connectivity index (χ1v) is 8.96. The van der Waals surface area contributed by atoms with Crippen LogP contribution in [0.25, 0.3) is 21.8 Å². The Kier molecular flexibility index (Phi) is 4.19. The molecule has 0 saturated carbocycles. The molecule has 138 valence electrons. The number of phenols is 1. The summed E-state index contributed by atoms with van der Waals surface area (Å²) in [5, 5.41) is 12.4. The van der Waals surface area contributed by atoms with E-state index in [1.807, 2.05) is 43.3 Å². The summed E-state index contributed by atoms with van der Waals surface area (Å²) in [6.45, 7) is 4.73. The Morgan fingerprint density at radius 1 is 0.926 bits per heavy atom. The third-order valence-corrected chi connectivity index (χ3v) is 5.36. The van der Waals surface area contributed by atoms with E-state index in [0.717, 1.165) is 51.0 Å². The van der Waals surface area contributed by atoms with Crippen LogP contribution in [0.5, 0.6) is 17.2 Å². The summed E-state index contributed by atoms with van der Waals surface area (Å²) in [4.78, 5) is 0. The second kappa shape index (κ2) is 6.54. The minimum atomic E-state index is 0.302. The largest absolute Gasteiger partial charge is 0.508 e. The third-order valence-electron chi connectivity index (χ3n) is 5.36. The molecule has 27 heavy (non-hydrogen) atoms. The summed E-state index contributed by atoms with van der Waals surface area (Å²) in [5.74, 6) is 1.79. The summed E-state index contributed by atoms with van der Waals surface area (Å²) in [5.41, 5.74) is 5.31. The van der Waals surface area contributed by atoms with Crippen LogP contribution in [-0.4, -0.2) is 23.9 Å². The van der Waals surface area contributed by atoms with E-state index in [1.54, 1.807) is 14.2 Å². The molecule has 0 aliphatic rings. The van der Waals surface area contributed by atoms with Gasteiger partial charge in [0.05, 0.1) is 25.3 Å². The molecule has 0 unspecified atom stereocenters. The molecule has 0 saturated heterocycles. The smallest absolute Gasteiger partial charge is 0.132 e. The lowest BCUT2D eigenvalue weighted by Crippen LogP contribution is -2.01. The molecule has 4 rings (SSSR count). The normalized spacial score (nSPS) is 11.3. The van der Waals surface area contributed by atoms with Crippen molar-refractivity contribution in [3.8, 4) is 17.2 Å². The second-order valence-corrected chi connectivity index (χ2v) is 6.84. The molecule has 0 aliphatic heterocycles. The van der Waals surface area contributed by atoms with Gasteiger partial charge >= 0.3 is 0 Å². The van der Waals surface area contributed by atoms with Gasteiger partial charge in [0.2, 0.25) is 0 Å². The number of nitrogens with zero attached hydrogens (tertiary/aromatic N) is 1. The van der Waals surface area contributed by atoms with E-state index in [0.29, 0.717) is 5.75 Å². The van der Waals surface area contributed by atoms with Crippen molar-refractivity contribution in [3.63, 3.8) is 0 Å². The van der Waals surface area contributed by atoms with Gasteiger partial charge in [-0.15, -0.1) is 0 Å². The molecule has 0 fully saturated rings. The summed E-state index contributed by atoms with van der Waals surface area (Å²) < 4.78 is 13.5. The van der Waals surface area contributed by atoms with Gasteiger partial charge in [-0.1, -0.05) is 30.3 Å². The fraction of sp³-hybridized carbons (Fsp3) is 0.217. The maximum atomic E-state index is 10.4. The number of aromatic hydroxyl groups is 1. The van der Waals surface area contributed by atoms with Crippen LogP contribution in [0.4, 0.5) is 0 Å². The van der Waals surface area contributed by atoms with Crippen molar-refractivity contribution in [1.82, 2.24) is 4.57 Å². The first kappa shape index (κ1) is 17.3. The van der Waals surface area contributed by atoms with Crippen molar-refractivity contribution >= 4 is 21.8 Å². The van der Waals surface area contributed by atoms with Crippen molar-refractivity contribution < 1.29 is 14.6 Å². The number of hydrogen-bond acceptors (Lipinski definition) is 3. The van der Waals surface area contributed by atoms with E-state index >= 15 is 0 Å². The number of phenolic OH excluding ortho intramolecular Hbond substituents is 1. The Balaban J connectivity index is 2.16. The fourth-order valence-corrected chi connectivity index (χ4v) is 3.81.